The number of halogens is 3. The minimum absolute atomic E-state index is 0.0836. The summed E-state index contributed by atoms with van der Waals surface area (Å²) in [6, 6.07) is 11.6. The lowest BCUT2D eigenvalue weighted by Crippen LogP contribution is -2.12. The molecule has 0 aliphatic rings. The van der Waals surface area contributed by atoms with Gasteiger partial charge in [0.1, 0.15) is 5.76 Å². The van der Waals surface area contributed by atoms with Crippen molar-refractivity contribution in [3.05, 3.63) is 77.0 Å². The van der Waals surface area contributed by atoms with Crippen LogP contribution in [0.2, 0.25) is 0 Å². The molecule has 0 aliphatic heterocycles. The number of amides is 1. The first-order chi connectivity index (χ1) is 13.1. The summed E-state index contributed by atoms with van der Waals surface area (Å²) in [5.41, 5.74) is 0.391. The molecule has 0 unspecified atom stereocenters. The zero-order valence-electron chi connectivity index (χ0n) is 14.5. The van der Waals surface area contributed by atoms with Crippen LogP contribution in [-0.2, 0) is 6.18 Å². The van der Waals surface area contributed by atoms with E-state index in [2.05, 4.69) is 5.32 Å². The molecular formula is C20H14F3NO4. The number of aromatic carboxylic acids is 1. The van der Waals surface area contributed by atoms with Crippen molar-refractivity contribution in [2.45, 2.75) is 13.1 Å². The number of rotatable bonds is 4. The first kappa shape index (κ1) is 19.2. The zero-order valence-corrected chi connectivity index (χ0v) is 14.5. The normalized spacial score (nSPS) is 11.3. The molecule has 2 aromatic carbocycles. The molecule has 1 aromatic heterocycles. The van der Waals surface area contributed by atoms with E-state index in [0.29, 0.717) is 11.3 Å². The number of benzene rings is 2. The highest BCUT2D eigenvalue weighted by molar-refractivity contribution is 6.03. The van der Waals surface area contributed by atoms with Crippen LogP contribution in [0.4, 0.5) is 18.9 Å². The van der Waals surface area contributed by atoms with Gasteiger partial charge in [0, 0.05) is 11.3 Å². The summed E-state index contributed by atoms with van der Waals surface area (Å²) in [7, 11) is 0. The Hall–Kier alpha value is -3.55. The molecule has 8 heteroatoms. The first-order valence-corrected chi connectivity index (χ1v) is 8.08. The summed E-state index contributed by atoms with van der Waals surface area (Å²) >= 11 is 0. The Bertz CT molecular complexity index is 1050. The molecule has 0 fully saturated rings. The van der Waals surface area contributed by atoms with Gasteiger partial charge in [0.25, 0.3) is 5.91 Å². The SMILES string of the molecule is Cc1cc(C(=O)O)ccc1NC(=O)c1ccc(-c2cccc(C(F)(F)F)c2)o1. The standard InChI is InChI=1S/C20H14F3NO4/c1-11-9-13(19(26)27)5-6-15(11)24-18(25)17-8-7-16(28-17)12-3-2-4-14(10-12)20(21,22)23/h2-10H,1H3,(H,24,25)(H,26,27). The molecular weight excluding hydrogens is 375 g/mol. The maximum Gasteiger partial charge on any atom is 0.416 e. The Labute approximate surface area is 157 Å². The largest absolute Gasteiger partial charge is 0.478 e. The smallest absolute Gasteiger partial charge is 0.416 e. The van der Waals surface area contributed by atoms with Crippen molar-refractivity contribution in [3.63, 3.8) is 0 Å². The predicted molar refractivity (Wildman–Crippen MR) is 95.2 cm³/mol. The number of hydrogen-bond acceptors (Lipinski definition) is 3. The number of carboxylic acids is 1. The van der Waals surface area contributed by atoms with E-state index in [9.17, 15) is 22.8 Å². The van der Waals surface area contributed by atoms with Gasteiger partial charge in [0.05, 0.1) is 11.1 Å². The molecule has 0 atom stereocenters. The van der Waals surface area contributed by atoms with E-state index in [4.69, 9.17) is 9.52 Å². The Morgan fingerprint density at radius 1 is 1.04 bits per heavy atom. The summed E-state index contributed by atoms with van der Waals surface area (Å²) in [6.07, 6.45) is -4.48. The van der Waals surface area contributed by atoms with Crippen LogP contribution in [0, 0.1) is 6.92 Å². The van der Waals surface area contributed by atoms with Crippen molar-refractivity contribution in [2.75, 3.05) is 5.32 Å². The molecule has 5 nitrogen and oxygen atoms in total. The van der Waals surface area contributed by atoms with Gasteiger partial charge in [-0.3, -0.25) is 4.79 Å². The van der Waals surface area contributed by atoms with Gasteiger partial charge >= 0.3 is 12.1 Å². The van der Waals surface area contributed by atoms with Crippen LogP contribution in [0.15, 0.2) is 59.0 Å². The Morgan fingerprint density at radius 3 is 2.43 bits per heavy atom. The predicted octanol–water partition coefficient (Wildman–Crippen LogP) is 5.22. The summed E-state index contributed by atoms with van der Waals surface area (Å²) in [5, 5.41) is 11.6. The van der Waals surface area contributed by atoms with E-state index < -0.39 is 23.6 Å². The molecule has 2 N–H and O–H groups in total. The quantitative estimate of drug-likeness (QED) is 0.641. The van der Waals surface area contributed by atoms with E-state index in [-0.39, 0.29) is 22.6 Å². The molecule has 144 valence electrons. The molecule has 0 spiro atoms. The molecule has 0 aliphatic carbocycles. The maximum atomic E-state index is 12.8. The Kier molecular flexibility index (Phi) is 4.96. The molecule has 0 saturated carbocycles. The molecule has 0 saturated heterocycles. The minimum atomic E-state index is -4.48. The van der Waals surface area contributed by atoms with E-state index >= 15 is 0 Å². The summed E-state index contributed by atoms with van der Waals surface area (Å²) < 4.78 is 43.9. The van der Waals surface area contributed by atoms with Crippen molar-refractivity contribution in [1.82, 2.24) is 0 Å². The lowest BCUT2D eigenvalue weighted by molar-refractivity contribution is -0.137. The fraction of sp³-hybridized carbons (Fsp3) is 0.100. The van der Waals surface area contributed by atoms with Gasteiger partial charge in [0.15, 0.2) is 5.76 Å². The van der Waals surface area contributed by atoms with Crippen molar-refractivity contribution < 1.29 is 32.3 Å². The molecule has 1 amide bonds. The van der Waals surface area contributed by atoms with Crippen LogP contribution in [0.1, 0.15) is 32.0 Å². The number of alkyl halides is 3. The second-order valence-corrected chi connectivity index (χ2v) is 6.03. The number of aryl methyl sites for hydroxylation is 1. The monoisotopic (exact) mass is 389 g/mol. The van der Waals surface area contributed by atoms with Crippen molar-refractivity contribution >= 4 is 17.6 Å². The van der Waals surface area contributed by atoms with Crippen LogP contribution in [0.3, 0.4) is 0 Å². The number of nitrogens with one attached hydrogen (secondary N) is 1. The Morgan fingerprint density at radius 2 is 1.79 bits per heavy atom. The lowest BCUT2D eigenvalue weighted by Gasteiger charge is -2.08. The van der Waals surface area contributed by atoms with Gasteiger partial charge in [-0.15, -0.1) is 0 Å². The van der Waals surface area contributed by atoms with E-state index in [1.165, 1.54) is 42.5 Å². The van der Waals surface area contributed by atoms with Gasteiger partial charge in [-0.25, -0.2) is 4.79 Å². The number of anilines is 1. The van der Waals surface area contributed by atoms with E-state index in [1.54, 1.807) is 6.92 Å². The maximum absolute atomic E-state index is 12.8. The van der Waals surface area contributed by atoms with E-state index in [0.717, 1.165) is 12.1 Å². The number of carboxylic acid groups (broad SMARTS) is 1. The molecule has 3 rings (SSSR count). The third-order valence-electron chi connectivity index (χ3n) is 4.03. The second kappa shape index (κ2) is 7.22. The van der Waals surface area contributed by atoms with Crippen LogP contribution in [-0.4, -0.2) is 17.0 Å². The molecule has 3 aromatic rings. The first-order valence-electron chi connectivity index (χ1n) is 8.08. The summed E-state index contributed by atoms with van der Waals surface area (Å²) in [6.45, 7) is 1.64. The van der Waals surface area contributed by atoms with Crippen molar-refractivity contribution in [2.24, 2.45) is 0 Å². The van der Waals surface area contributed by atoms with Gasteiger partial charge in [-0.05, 0) is 55.0 Å². The van der Waals surface area contributed by atoms with Gasteiger partial charge in [0.2, 0.25) is 0 Å². The zero-order chi connectivity index (χ0) is 20.5. The van der Waals surface area contributed by atoms with E-state index in [1.807, 2.05) is 0 Å². The third kappa shape index (κ3) is 4.06. The highest BCUT2D eigenvalue weighted by Crippen LogP contribution is 2.32. The number of furan rings is 1. The Balaban J connectivity index is 1.81. The minimum Gasteiger partial charge on any atom is -0.478 e. The van der Waals surface area contributed by atoms with Gasteiger partial charge in [-0.1, -0.05) is 12.1 Å². The van der Waals surface area contributed by atoms with Crippen molar-refractivity contribution in [1.29, 1.82) is 0 Å². The highest BCUT2D eigenvalue weighted by Gasteiger charge is 2.30. The second-order valence-electron chi connectivity index (χ2n) is 6.03. The number of hydrogen-bond donors (Lipinski definition) is 2. The van der Waals surface area contributed by atoms with Crippen LogP contribution in [0.5, 0.6) is 0 Å². The van der Waals surface area contributed by atoms with Crippen LogP contribution < -0.4 is 5.32 Å². The van der Waals surface area contributed by atoms with Crippen LogP contribution in [0.25, 0.3) is 11.3 Å². The fourth-order valence-corrected chi connectivity index (χ4v) is 2.58. The molecule has 0 bridgehead atoms. The third-order valence-corrected chi connectivity index (χ3v) is 4.03. The van der Waals surface area contributed by atoms with Crippen LogP contribution >= 0.6 is 0 Å². The fourth-order valence-electron chi connectivity index (χ4n) is 2.58. The lowest BCUT2D eigenvalue weighted by atomic mass is 10.1. The summed E-state index contributed by atoms with van der Waals surface area (Å²) in [5.74, 6) is -1.66. The average molecular weight is 389 g/mol. The average Bonchev–Trinajstić information content (AvgIpc) is 3.13. The topological polar surface area (TPSA) is 79.5 Å². The molecule has 28 heavy (non-hydrogen) atoms. The van der Waals surface area contributed by atoms with Gasteiger partial charge < -0.3 is 14.8 Å². The van der Waals surface area contributed by atoms with Gasteiger partial charge in [-0.2, -0.15) is 13.2 Å². The summed E-state index contributed by atoms with van der Waals surface area (Å²) in [4.78, 5) is 23.3. The number of carbonyl (C=O) groups is 2. The highest BCUT2D eigenvalue weighted by atomic mass is 19.4. The van der Waals surface area contributed by atoms with Crippen molar-refractivity contribution in [3.8, 4) is 11.3 Å². The molecule has 0 radical (unpaired) electrons. The molecule has 1 heterocycles. The number of carbonyl (C=O) groups excluding carboxylic acids is 1.